The van der Waals surface area contributed by atoms with Gasteiger partial charge in [-0.15, -0.1) is 0 Å². The second-order valence-corrected chi connectivity index (χ2v) is 8.76. The van der Waals surface area contributed by atoms with E-state index in [4.69, 9.17) is 0 Å². The molecule has 0 aromatic heterocycles. The van der Waals surface area contributed by atoms with Crippen LogP contribution in [0.1, 0.15) is 58.8 Å². The second kappa shape index (κ2) is 4.67. The van der Waals surface area contributed by atoms with Gasteiger partial charge in [0.2, 0.25) is 0 Å². The first-order chi connectivity index (χ1) is 10.4. The Morgan fingerprint density at radius 1 is 1.09 bits per heavy atom. The molecule has 0 bridgehead atoms. The summed E-state index contributed by atoms with van der Waals surface area (Å²) in [7, 11) is 0. The SMILES string of the molecule is C[C@]12CCC(=O)C=C1CCC1C2CC[C@@]2(C)C1CC(O)[C@@H]2O. The Morgan fingerprint density at radius 3 is 2.64 bits per heavy atom. The summed E-state index contributed by atoms with van der Waals surface area (Å²) >= 11 is 0. The quantitative estimate of drug-likeness (QED) is 0.723. The maximum Gasteiger partial charge on any atom is 0.155 e. The van der Waals surface area contributed by atoms with Crippen molar-refractivity contribution in [1.29, 1.82) is 0 Å². The summed E-state index contributed by atoms with van der Waals surface area (Å²) in [5, 5.41) is 20.7. The minimum absolute atomic E-state index is 0.108. The van der Waals surface area contributed by atoms with Crippen molar-refractivity contribution >= 4 is 5.78 Å². The van der Waals surface area contributed by atoms with E-state index in [-0.39, 0.29) is 10.8 Å². The van der Waals surface area contributed by atoms with Crippen LogP contribution in [-0.4, -0.2) is 28.2 Å². The molecule has 4 rings (SSSR count). The fourth-order valence-electron chi connectivity index (χ4n) is 6.55. The van der Waals surface area contributed by atoms with Crippen LogP contribution < -0.4 is 0 Å². The fourth-order valence-corrected chi connectivity index (χ4v) is 6.55. The van der Waals surface area contributed by atoms with Gasteiger partial charge in [-0.05, 0) is 73.2 Å². The Bertz CT molecular complexity index is 539. The zero-order chi connectivity index (χ0) is 15.7. The molecule has 3 saturated carbocycles. The number of ketones is 1. The van der Waals surface area contributed by atoms with Gasteiger partial charge in [-0.2, -0.15) is 0 Å². The Kier molecular flexibility index (Phi) is 3.16. The van der Waals surface area contributed by atoms with E-state index in [0.717, 1.165) is 38.5 Å². The van der Waals surface area contributed by atoms with Crippen molar-refractivity contribution in [3.8, 4) is 0 Å². The summed E-state index contributed by atoms with van der Waals surface area (Å²) in [6, 6.07) is 0. The predicted octanol–water partition coefficient (Wildman–Crippen LogP) is 2.85. The van der Waals surface area contributed by atoms with Gasteiger partial charge in [0, 0.05) is 6.42 Å². The van der Waals surface area contributed by atoms with E-state index in [0.29, 0.717) is 30.0 Å². The predicted molar refractivity (Wildman–Crippen MR) is 84.1 cm³/mol. The first kappa shape index (κ1) is 14.9. The smallest absolute Gasteiger partial charge is 0.155 e. The van der Waals surface area contributed by atoms with Gasteiger partial charge < -0.3 is 10.2 Å². The maximum absolute atomic E-state index is 11.8. The number of hydrogen-bond donors (Lipinski definition) is 2. The van der Waals surface area contributed by atoms with Crippen LogP contribution in [0.15, 0.2) is 11.6 Å². The fraction of sp³-hybridized carbons (Fsp3) is 0.842. The van der Waals surface area contributed by atoms with Gasteiger partial charge in [-0.1, -0.05) is 19.4 Å². The van der Waals surface area contributed by atoms with Crippen molar-refractivity contribution in [2.45, 2.75) is 71.0 Å². The van der Waals surface area contributed by atoms with Gasteiger partial charge in [-0.25, -0.2) is 0 Å². The molecule has 3 nitrogen and oxygen atoms in total. The molecule has 0 radical (unpaired) electrons. The van der Waals surface area contributed by atoms with E-state index in [1.165, 1.54) is 5.57 Å². The zero-order valence-electron chi connectivity index (χ0n) is 13.7. The molecule has 0 aromatic rings. The summed E-state index contributed by atoms with van der Waals surface area (Å²) in [5.41, 5.74) is 1.45. The second-order valence-electron chi connectivity index (χ2n) is 8.76. The summed E-state index contributed by atoms with van der Waals surface area (Å²) in [5.74, 6) is 1.96. The van der Waals surface area contributed by atoms with Gasteiger partial charge in [0.1, 0.15) is 0 Å². The number of hydrogen-bond acceptors (Lipinski definition) is 3. The number of aliphatic hydroxyl groups excluding tert-OH is 2. The zero-order valence-corrected chi connectivity index (χ0v) is 13.7. The first-order valence-corrected chi connectivity index (χ1v) is 8.96. The molecule has 0 saturated heterocycles. The lowest BCUT2D eigenvalue weighted by molar-refractivity contribution is -0.118. The third kappa shape index (κ3) is 1.78. The topological polar surface area (TPSA) is 57.5 Å². The number of carbonyl (C=O) groups is 1. The van der Waals surface area contributed by atoms with Gasteiger partial charge in [0.05, 0.1) is 12.2 Å². The lowest BCUT2D eigenvalue weighted by Crippen LogP contribution is -2.51. The van der Waals surface area contributed by atoms with E-state index in [9.17, 15) is 15.0 Å². The Balaban J connectivity index is 1.69. The monoisotopic (exact) mass is 304 g/mol. The Morgan fingerprint density at radius 2 is 1.86 bits per heavy atom. The molecule has 4 unspecified atom stereocenters. The van der Waals surface area contributed by atoms with Crippen LogP contribution in [0.3, 0.4) is 0 Å². The summed E-state index contributed by atoms with van der Waals surface area (Å²) in [6.07, 6.45) is 7.56. The van der Waals surface area contributed by atoms with E-state index in [1.807, 2.05) is 6.08 Å². The van der Waals surface area contributed by atoms with Crippen molar-refractivity contribution < 1.29 is 15.0 Å². The molecular weight excluding hydrogens is 276 g/mol. The minimum atomic E-state index is -0.559. The Hall–Kier alpha value is -0.670. The number of aliphatic hydroxyl groups is 2. The van der Waals surface area contributed by atoms with Gasteiger partial charge in [0.25, 0.3) is 0 Å². The summed E-state index contributed by atoms with van der Waals surface area (Å²) in [6.45, 7) is 4.55. The molecule has 4 aliphatic rings. The molecule has 4 aliphatic carbocycles. The molecule has 0 heterocycles. The molecule has 7 atom stereocenters. The third-order valence-corrected chi connectivity index (χ3v) is 7.94. The van der Waals surface area contributed by atoms with Crippen molar-refractivity contribution in [2.75, 3.05) is 0 Å². The average molecular weight is 304 g/mol. The molecular formula is C19H28O3. The molecule has 22 heavy (non-hydrogen) atoms. The van der Waals surface area contributed by atoms with Crippen molar-refractivity contribution in [2.24, 2.45) is 28.6 Å². The van der Waals surface area contributed by atoms with Crippen LogP contribution >= 0.6 is 0 Å². The lowest BCUT2D eigenvalue weighted by Gasteiger charge is -2.57. The highest BCUT2D eigenvalue weighted by Gasteiger charge is 2.60. The maximum atomic E-state index is 11.8. The molecule has 0 spiro atoms. The van der Waals surface area contributed by atoms with Crippen LogP contribution in [0.2, 0.25) is 0 Å². The van der Waals surface area contributed by atoms with Crippen molar-refractivity contribution in [3.63, 3.8) is 0 Å². The molecule has 0 amide bonds. The van der Waals surface area contributed by atoms with E-state index >= 15 is 0 Å². The minimum Gasteiger partial charge on any atom is -0.390 e. The van der Waals surface area contributed by atoms with Crippen LogP contribution in [0.4, 0.5) is 0 Å². The van der Waals surface area contributed by atoms with Gasteiger partial charge in [-0.3, -0.25) is 4.79 Å². The highest BCUT2D eigenvalue weighted by molar-refractivity contribution is 5.91. The highest BCUT2D eigenvalue weighted by Crippen LogP contribution is 2.65. The summed E-state index contributed by atoms with van der Waals surface area (Å²) in [4.78, 5) is 11.8. The van der Waals surface area contributed by atoms with Gasteiger partial charge >= 0.3 is 0 Å². The van der Waals surface area contributed by atoms with Crippen molar-refractivity contribution in [1.82, 2.24) is 0 Å². The third-order valence-electron chi connectivity index (χ3n) is 7.94. The standard InChI is InChI=1S/C19H28O3/c1-18-7-5-12(20)9-11(18)3-4-13-14(18)6-8-19(2)15(13)10-16(21)17(19)22/h9,13-17,21-22H,3-8,10H2,1-2H3/t13?,14?,15?,16?,17-,18-,19-/m0/s1. The molecule has 0 aliphatic heterocycles. The van der Waals surface area contributed by atoms with E-state index < -0.39 is 12.2 Å². The number of fused-ring (bicyclic) bond motifs is 5. The van der Waals surface area contributed by atoms with Crippen molar-refractivity contribution in [3.05, 3.63) is 11.6 Å². The number of allylic oxidation sites excluding steroid dienone is 1. The van der Waals surface area contributed by atoms with Gasteiger partial charge in [0.15, 0.2) is 5.78 Å². The Labute approximate surface area is 132 Å². The number of carbonyl (C=O) groups excluding carboxylic acids is 1. The molecule has 0 aromatic carbocycles. The molecule has 3 heteroatoms. The largest absolute Gasteiger partial charge is 0.390 e. The van der Waals surface area contributed by atoms with E-state index in [2.05, 4.69) is 13.8 Å². The molecule has 2 N–H and O–H groups in total. The van der Waals surface area contributed by atoms with Crippen LogP contribution in [0, 0.1) is 28.6 Å². The lowest BCUT2D eigenvalue weighted by atomic mass is 9.47. The average Bonchev–Trinajstić information content (AvgIpc) is 2.72. The van der Waals surface area contributed by atoms with E-state index in [1.54, 1.807) is 0 Å². The normalized spacial score (nSPS) is 54.3. The van der Waals surface area contributed by atoms with Crippen LogP contribution in [0.5, 0.6) is 0 Å². The molecule has 3 fully saturated rings. The van der Waals surface area contributed by atoms with Crippen LogP contribution in [0.25, 0.3) is 0 Å². The number of rotatable bonds is 0. The molecule has 122 valence electrons. The van der Waals surface area contributed by atoms with Crippen LogP contribution in [-0.2, 0) is 4.79 Å². The summed E-state index contributed by atoms with van der Waals surface area (Å²) < 4.78 is 0. The highest BCUT2D eigenvalue weighted by atomic mass is 16.3. The first-order valence-electron chi connectivity index (χ1n) is 8.96.